The Morgan fingerprint density at radius 2 is 1.95 bits per heavy atom. The van der Waals surface area contributed by atoms with Crippen LogP contribution in [0.1, 0.15) is 5.56 Å². The summed E-state index contributed by atoms with van der Waals surface area (Å²) in [4.78, 5) is -0.528. The van der Waals surface area contributed by atoms with E-state index in [9.17, 15) is 26.7 Å². The third-order valence-electron chi connectivity index (χ3n) is 2.55. The summed E-state index contributed by atoms with van der Waals surface area (Å²) in [7, 11) is -3.06. The molecule has 114 valence electrons. The van der Waals surface area contributed by atoms with E-state index >= 15 is 0 Å². The van der Waals surface area contributed by atoms with E-state index in [4.69, 9.17) is 5.11 Å². The van der Waals surface area contributed by atoms with Crippen LogP contribution < -0.4 is 0 Å². The maximum atomic E-state index is 12.5. The first kappa shape index (κ1) is 16.9. The lowest BCUT2D eigenvalue weighted by Gasteiger charge is -2.20. The van der Waals surface area contributed by atoms with Gasteiger partial charge in [0.25, 0.3) is 0 Å². The van der Waals surface area contributed by atoms with E-state index in [1.807, 2.05) is 0 Å². The van der Waals surface area contributed by atoms with Gasteiger partial charge in [-0.25, -0.2) is 8.42 Å². The fourth-order valence-electron chi connectivity index (χ4n) is 1.47. The highest BCUT2D eigenvalue weighted by Gasteiger charge is 2.32. The molecule has 0 radical (unpaired) electrons. The predicted molar refractivity (Wildman–Crippen MR) is 64.4 cm³/mol. The van der Waals surface area contributed by atoms with Crippen molar-refractivity contribution in [3.8, 4) is 0 Å². The van der Waals surface area contributed by atoms with E-state index in [2.05, 4.69) is 0 Å². The van der Waals surface area contributed by atoms with Crippen LogP contribution in [-0.2, 0) is 16.2 Å². The van der Waals surface area contributed by atoms with Crippen LogP contribution in [0.15, 0.2) is 29.2 Å². The summed E-state index contributed by atoms with van der Waals surface area (Å²) in [6.45, 7) is -1.07. The molecule has 0 aromatic heterocycles. The Morgan fingerprint density at radius 3 is 2.45 bits per heavy atom. The van der Waals surface area contributed by atoms with Crippen molar-refractivity contribution in [3.63, 3.8) is 0 Å². The molecule has 1 aromatic rings. The molecule has 0 aliphatic carbocycles. The van der Waals surface area contributed by atoms with Gasteiger partial charge in [-0.15, -0.1) is 0 Å². The molecule has 9 heteroatoms. The molecule has 20 heavy (non-hydrogen) atoms. The Kier molecular flexibility index (Phi) is 5.14. The summed E-state index contributed by atoms with van der Waals surface area (Å²) in [5, 5.41) is 17.8. The summed E-state index contributed by atoms with van der Waals surface area (Å²) < 4.78 is 62.4. The van der Waals surface area contributed by atoms with Crippen molar-refractivity contribution < 1.29 is 31.8 Å². The zero-order chi connectivity index (χ0) is 15.6. The van der Waals surface area contributed by atoms with Gasteiger partial charge in [0.15, 0.2) is 0 Å². The van der Waals surface area contributed by atoms with Crippen LogP contribution in [0, 0.1) is 0 Å². The van der Waals surface area contributed by atoms with Crippen molar-refractivity contribution >= 4 is 10.0 Å². The van der Waals surface area contributed by atoms with Gasteiger partial charge in [0.2, 0.25) is 10.0 Å². The van der Waals surface area contributed by atoms with Crippen molar-refractivity contribution in [3.05, 3.63) is 29.8 Å². The zero-order valence-corrected chi connectivity index (χ0v) is 11.3. The maximum absolute atomic E-state index is 12.5. The van der Waals surface area contributed by atoms with E-state index in [-0.39, 0.29) is 0 Å². The van der Waals surface area contributed by atoms with Crippen LogP contribution in [0.3, 0.4) is 0 Å². The molecule has 0 fully saturated rings. The lowest BCUT2D eigenvalue weighted by Crippen LogP contribution is -2.35. The molecule has 0 aliphatic heterocycles. The fourth-order valence-corrected chi connectivity index (χ4v) is 2.72. The van der Waals surface area contributed by atoms with Gasteiger partial charge in [-0.3, -0.25) is 0 Å². The molecule has 0 saturated heterocycles. The molecule has 1 rings (SSSR count). The molecular weight excluding hydrogens is 299 g/mol. The number of nitrogens with zero attached hydrogens (tertiary/aromatic N) is 1. The number of aliphatic hydroxyl groups is 2. The number of hydrogen-bond acceptors (Lipinski definition) is 4. The molecular formula is C11H14F3NO4S. The highest BCUT2D eigenvalue weighted by atomic mass is 32.2. The molecule has 0 aliphatic rings. The summed E-state index contributed by atoms with van der Waals surface area (Å²) in [6, 6.07) is 3.32. The van der Waals surface area contributed by atoms with Gasteiger partial charge in [-0.1, -0.05) is 6.07 Å². The first-order chi connectivity index (χ1) is 9.09. The molecule has 1 atom stereocenters. The van der Waals surface area contributed by atoms with Crippen LogP contribution in [-0.4, -0.2) is 49.2 Å². The number of rotatable bonds is 5. The van der Waals surface area contributed by atoms with Crippen molar-refractivity contribution in [2.75, 3.05) is 20.2 Å². The van der Waals surface area contributed by atoms with Gasteiger partial charge in [0.05, 0.1) is 23.2 Å². The van der Waals surface area contributed by atoms with E-state index in [0.29, 0.717) is 10.4 Å². The number of sulfonamides is 1. The van der Waals surface area contributed by atoms with Gasteiger partial charge in [-0.05, 0) is 18.2 Å². The average Bonchev–Trinajstić information content (AvgIpc) is 2.37. The SMILES string of the molecule is CN(CC(O)CO)S(=O)(=O)c1cccc(C(F)(F)F)c1. The minimum Gasteiger partial charge on any atom is -0.394 e. The number of hydrogen-bond donors (Lipinski definition) is 2. The Hall–Kier alpha value is -1.16. The highest BCUT2D eigenvalue weighted by Crippen LogP contribution is 2.30. The summed E-state index contributed by atoms with van der Waals surface area (Å²) in [5.74, 6) is 0. The summed E-state index contributed by atoms with van der Waals surface area (Å²) in [6.07, 6.45) is -5.95. The number of halogens is 3. The van der Waals surface area contributed by atoms with Gasteiger partial charge < -0.3 is 10.2 Å². The van der Waals surface area contributed by atoms with Crippen molar-refractivity contribution in [1.82, 2.24) is 4.31 Å². The standard InChI is InChI=1S/C11H14F3NO4S/c1-15(6-9(17)7-16)20(18,19)10-4-2-3-8(5-10)11(12,13)14/h2-5,9,16-17H,6-7H2,1H3. The second kappa shape index (κ2) is 6.08. The molecule has 1 aromatic carbocycles. The molecule has 0 bridgehead atoms. The largest absolute Gasteiger partial charge is 0.416 e. The van der Waals surface area contributed by atoms with Gasteiger partial charge in [-0.2, -0.15) is 17.5 Å². The zero-order valence-electron chi connectivity index (χ0n) is 10.5. The van der Waals surface area contributed by atoms with Crippen LogP contribution in [0.25, 0.3) is 0 Å². The predicted octanol–water partition coefficient (Wildman–Crippen LogP) is 0.679. The van der Waals surface area contributed by atoms with Gasteiger partial charge in [0.1, 0.15) is 0 Å². The van der Waals surface area contributed by atoms with E-state index in [1.54, 1.807) is 0 Å². The number of benzene rings is 1. The number of alkyl halides is 3. The van der Waals surface area contributed by atoms with Crippen molar-refractivity contribution in [2.45, 2.75) is 17.2 Å². The minimum atomic E-state index is -4.64. The van der Waals surface area contributed by atoms with Crippen LogP contribution >= 0.6 is 0 Å². The molecule has 0 saturated carbocycles. The molecule has 0 amide bonds. The number of likely N-dealkylation sites (N-methyl/N-ethyl adjacent to an activating group) is 1. The van der Waals surface area contributed by atoms with Crippen LogP contribution in [0.4, 0.5) is 13.2 Å². The van der Waals surface area contributed by atoms with Gasteiger partial charge >= 0.3 is 6.18 Å². The third kappa shape index (κ3) is 3.92. The quantitative estimate of drug-likeness (QED) is 0.838. The fraction of sp³-hybridized carbons (Fsp3) is 0.455. The second-order valence-corrected chi connectivity index (χ2v) is 6.19. The van der Waals surface area contributed by atoms with Crippen LogP contribution in [0.2, 0.25) is 0 Å². The Bertz CT molecular complexity index is 559. The maximum Gasteiger partial charge on any atom is 0.416 e. The third-order valence-corrected chi connectivity index (χ3v) is 4.37. The molecule has 0 spiro atoms. The summed E-state index contributed by atoms with van der Waals surface area (Å²) >= 11 is 0. The highest BCUT2D eigenvalue weighted by molar-refractivity contribution is 7.89. The Labute approximate surface area is 114 Å². The smallest absolute Gasteiger partial charge is 0.394 e. The first-order valence-electron chi connectivity index (χ1n) is 5.51. The van der Waals surface area contributed by atoms with Crippen molar-refractivity contribution in [2.24, 2.45) is 0 Å². The number of aliphatic hydroxyl groups excluding tert-OH is 2. The lowest BCUT2D eigenvalue weighted by atomic mass is 10.2. The van der Waals surface area contributed by atoms with E-state index in [1.165, 1.54) is 0 Å². The molecule has 1 unspecified atom stereocenters. The second-order valence-electron chi connectivity index (χ2n) is 4.15. The molecule has 5 nitrogen and oxygen atoms in total. The van der Waals surface area contributed by atoms with Crippen molar-refractivity contribution in [1.29, 1.82) is 0 Å². The Morgan fingerprint density at radius 1 is 1.35 bits per heavy atom. The van der Waals surface area contributed by atoms with E-state index in [0.717, 1.165) is 25.2 Å². The minimum absolute atomic E-state index is 0.422. The Balaban J connectivity index is 3.10. The lowest BCUT2D eigenvalue weighted by molar-refractivity contribution is -0.137. The average molecular weight is 313 g/mol. The molecule has 2 N–H and O–H groups in total. The topological polar surface area (TPSA) is 77.8 Å². The normalized spacial score (nSPS) is 14.6. The first-order valence-corrected chi connectivity index (χ1v) is 6.95. The molecule has 0 heterocycles. The van der Waals surface area contributed by atoms with Gasteiger partial charge in [0, 0.05) is 13.6 Å². The monoisotopic (exact) mass is 313 g/mol. The van der Waals surface area contributed by atoms with E-state index < -0.39 is 45.9 Å². The van der Waals surface area contributed by atoms with Crippen LogP contribution in [0.5, 0.6) is 0 Å². The summed E-state index contributed by atoms with van der Waals surface area (Å²) in [5.41, 5.74) is -1.07.